The summed E-state index contributed by atoms with van der Waals surface area (Å²) in [5.41, 5.74) is 4.12. The van der Waals surface area contributed by atoms with Gasteiger partial charge in [-0.25, -0.2) is 14.0 Å². The molecule has 1 aliphatic rings. The van der Waals surface area contributed by atoms with Crippen molar-refractivity contribution in [3.63, 3.8) is 0 Å². The Morgan fingerprint density at radius 2 is 2.00 bits per heavy atom. The van der Waals surface area contributed by atoms with Crippen molar-refractivity contribution in [1.82, 2.24) is 12.9 Å². The molecule has 1 aliphatic carbocycles. The van der Waals surface area contributed by atoms with E-state index in [1.165, 1.54) is 6.20 Å². The van der Waals surface area contributed by atoms with E-state index in [1.807, 2.05) is 37.3 Å². The van der Waals surface area contributed by atoms with Gasteiger partial charge in [-0.2, -0.15) is 2.94 Å². The molecule has 3 N–H and O–H groups in total. The molecule has 0 spiro atoms. The molecule has 4 rings (SSSR count). The number of carbonyl (C=O) groups is 1. The van der Waals surface area contributed by atoms with Crippen molar-refractivity contribution in [2.75, 3.05) is 5.32 Å². The lowest BCUT2D eigenvalue weighted by molar-refractivity contribution is 0.0783. The van der Waals surface area contributed by atoms with Crippen LogP contribution in [0.4, 0.5) is 10.5 Å². The first-order valence-corrected chi connectivity index (χ1v) is 13.8. The van der Waals surface area contributed by atoms with Crippen molar-refractivity contribution in [3.8, 4) is 11.3 Å². The third-order valence-corrected chi connectivity index (χ3v) is 10.4. The summed E-state index contributed by atoms with van der Waals surface area (Å²) >= 11 is 2.78. The van der Waals surface area contributed by atoms with Gasteiger partial charge in [0.15, 0.2) is 9.92 Å². The molecule has 0 radical (unpaired) electrons. The summed E-state index contributed by atoms with van der Waals surface area (Å²) in [5, 5.41) is 13.5. The number of aryl methyl sites for hydroxylation is 1. The maximum atomic E-state index is 13.4. The lowest BCUT2D eigenvalue weighted by atomic mass is 10.0. The minimum absolute atomic E-state index is 0.269. The Balaban J connectivity index is 1.72. The van der Waals surface area contributed by atoms with E-state index in [0.29, 0.717) is 10.7 Å². The molecule has 0 fully saturated rings. The number of aliphatic hydroxyl groups is 1. The van der Waals surface area contributed by atoms with Gasteiger partial charge in [-0.15, -0.1) is 15.7 Å². The van der Waals surface area contributed by atoms with E-state index in [-0.39, 0.29) is 4.21 Å². The van der Waals surface area contributed by atoms with E-state index < -0.39 is 21.5 Å². The number of carbonyl (C=O) groups excluding carboxylic acids is 1. The number of thiazole rings is 1. The lowest BCUT2D eigenvalue weighted by Gasteiger charge is -2.16. The zero-order chi connectivity index (χ0) is 23.8. The van der Waals surface area contributed by atoms with Gasteiger partial charge in [-0.05, 0) is 51.2 Å². The van der Waals surface area contributed by atoms with Crippen LogP contribution in [0.5, 0.6) is 0 Å². The molecule has 2 amide bonds. The predicted octanol–water partition coefficient (Wildman–Crippen LogP) is 5.14. The first-order valence-electron chi connectivity index (χ1n) is 10.3. The molecule has 0 aliphatic heterocycles. The molecule has 1 unspecified atom stereocenters. The molecule has 8 nitrogen and oxygen atoms in total. The standard InChI is InChI=1S/C22H24IN5O3S2/c1-13-18(14-8-5-4-6-9-14)25-16-11-7-10-15(16)19(13)26-21(29)27-33(31,28-23)17-12-24-20(32-17)22(2,3)30/h4-6,8-9,12,30H,7,10-11H2,1-3H3,(H2,25,26,27,28,29,31). The summed E-state index contributed by atoms with van der Waals surface area (Å²) in [6.45, 7) is 5.11. The van der Waals surface area contributed by atoms with Gasteiger partial charge in [0.05, 0.1) is 17.6 Å². The van der Waals surface area contributed by atoms with Gasteiger partial charge >= 0.3 is 6.03 Å². The summed E-state index contributed by atoms with van der Waals surface area (Å²) in [6, 6.07) is 9.12. The quantitative estimate of drug-likeness (QED) is 0.278. The number of hydrogen-bond acceptors (Lipinski definition) is 6. The summed E-state index contributed by atoms with van der Waals surface area (Å²) in [7, 11) is -3.27. The Hall–Kier alpha value is -1.93. The number of nitrogens with one attached hydrogen (secondary N) is 2. The van der Waals surface area contributed by atoms with Crippen LogP contribution < -0.4 is 8.25 Å². The first kappa shape index (κ1) is 24.2. The number of fused-ring (bicyclic) bond motifs is 1. The van der Waals surface area contributed by atoms with Gasteiger partial charge in [-0.1, -0.05) is 30.3 Å². The Bertz CT molecular complexity index is 1330. The Labute approximate surface area is 211 Å². The number of anilines is 1. The van der Waals surface area contributed by atoms with Crippen molar-refractivity contribution in [2.24, 2.45) is 4.36 Å². The second-order valence-electron chi connectivity index (χ2n) is 8.27. The second kappa shape index (κ2) is 9.37. The number of nitrogens with zero attached hydrogens (tertiary/aromatic N) is 3. The summed E-state index contributed by atoms with van der Waals surface area (Å²) in [4.78, 5) is 22.0. The van der Waals surface area contributed by atoms with Crippen molar-refractivity contribution < 1.29 is 14.1 Å². The molecule has 2 aromatic heterocycles. The molecule has 0 saturated heterocycles. The van der Waals surface area contributed by atoms with Crippen LogP contribution in [0.25, 0.3) is 11.3 Å². The van der Waals surface area contributed by atoms with E-state index in [1.54, 1.807) is 36.7 Å². The van der Waals surface area contributed by atoms with Crippen molar-refractivity contribution in [3.05, 3.63) is 58.4 Å². The fourth-order valence-corrected chi connectivity index (χ4v) is 7.45. The third-order valence-electron chi connectivity index (χ3n) is 5.34. The predicted molar refractivity (Wildman–Crippen MR) is 139 cm³/mol. The minimum Gasteiger partial charge on any atom is -0.383 e. The van der Waals surface area contributed by atoms with E-state index in [4.69, 9.17) is 4.98 Å². The first-order chi connectivity index (χ1) is 15.6. The van der Waals surface area contributed by atoms with Gasteiger partial charge in [0.2, 0.25) is 0 Å². The number of benzene rings is 1. The van der Waals surface area contributed by atoms with Gasteiger partial charge in [-0.3, -0.25) is 4.98 Å². The highest BCUT2D eigenvalue weighted by molar-refractivity contribution is 14.1. The molecule has 2 heterocycles. The monoisotopic (exact) mass is 597 g/mol. The fourth-order valence-electron chi connectivity index (χ4n) is 3.75. The minimum atomic E-state index is -3.27. The number of hydrogen-bond donors (Lipinski definition) is 3. The van der Waals surface area contributed by atoms with Crippen LogP contribution in [-0.2, 0) is 28.4 Å². The molecule has 3 aromatic rings. The zero-order valence-corrected chi connectivity index (χ0v) is 22.2. The zero-order valence-electron chi connectivity index (χ0n) is 18.4. The number of pyridine rings is 1. The second-order valence-corrected chi connectivity index (χ2v) is 12.7. The average molecular weight is 598 g/mol. The normalized spacial score (nSPS) is 15.1. The Morgan fingerprint density at radius 3 is 2.64 bits per heavy atom. The average Bonchev–Trinajstić information content (AvgIpc) is 3.46. The van der Waals surface area contributed by atoms with Gasteiger partial charge < -0.3 is 10.4 Å². The smallest absolute Gasteiger partial charge is 0.354 e. The van der Waals surface area contributed by atoms with Crippen molar-refractivity contribution in [1.29, 1.82) is 0 Å². The van der Waals surface area contributed by atoms with Crippen LogP contribution in [-0.4, -0.2) is 25.3 Å². The van der Waals surface area contributed by atoms with E-state index in [2.05, 4.69) is 17.6 Å². The number of amides is 2. The Morgan fingerprint density at radius 1 is 1.27 bits per heavy atom. The SMILES string of the molecule is Cc1c(-c2ccccc2)nc2c(c1NC(=O)N=S(=O)(NI)c1cnc(C(C)(C)O)s1)CCC2. The number of rotatable bonds is 5. The molecule has 1 atom stereocenters. The summed E-state index contributed by atoms with van der Waals surface area (Å²) in [6.07, 6.45) is 4.01. The van der Waals surface area contributed by atoms with Crippen LogP contribution in [0.15, 0.2) is 45.1 Å². The van der Waals surface area contributed by atoms with E-state index in [0.717, 1.165) is 58.7 Å². The molecule has 33 heavy (non-hydrogen) atoms. The summed E-state index contributed by atoms with van der Waals surface area (Å²) < 4.78 is 20.3. The molecular formula is C22H24IN5O3S2. The van der Waals surface area contributed by atoms with E-state index >= 15 is 0 Å². The van der Waals surface area contributed by atoms with Gasteiger partial charge in [0.1, 0.15) is 14.8 Å². The van der Waals surface area contributed by atoms with Crippen molar-refractivity contribution in [2.45, 2.75) is 49.8 Å². The maximum absolute atomic E-state index is 13.4. The van der Waals surface area contributed by atoms with Crippen molar-refractivity contribution >= 4 is 55.8 Å². The number of urea groups is 1. The van der Waals surface area contributed by atoms with Crippen LogP contribution in [0, 0.1) is 6.92 Å². The Kier molecular flexibility index (Phi) is 6.87. The lowest BCUT2D eigenvalue weighted by Crippen LogP contribution is -2.18. The highest BCUT2D eigenvalue weighted by Crippen LogP contribution is 2.36. The van der Waals surface area contributed by atoms with Crippen LogP contribution in [0.2, 0.25) is 0 Å². The number of aromatic nitrogens is 2. The van der Waals surface area contributed by atoms with Gasteiger partial charge in [0.25, 0.3) is 0 Å². The molecule has 11 heteroatoms. The summed E-state index contributed by atoms with van der Waals surface area (Å²) in [5.74, 6) is 0. The molecule has 0 bridgehead atoms. The third kappa shape index (κ3) is 4.97. The topological polar surface area (TPSA) is 117 Å². The highest BCUT2D eigenvalue weighted by atomic mass is 127. The number of halogens is 1. The van der Waals surface area contributed by atoms with Crippen LogP contribution >= 0.6 is 34.2 Å². The molecular weight excluding hydrogens is 573 g/mol. The largest absolute Gasteiger partial charge is 0.383 e. The maximum Gasteiger partial charge on any atom is 0.354 e. The van der Waals surface area contributed by atoms with E-state index in [9.17, 15) is 14.1 Å². The molecule has 174 valence electrons. The van der Waals surface area contributed by atoms with Crippen LogP contribution in [0.3, 0.4) is 0 Å². The van der Waals surface area contributed by atoms with Crippen LogP contribution in [0.1, 0.15) is 42.1 Å². The van der Waals surface area contributed by atoms with Gasteiger partial charge in [0, 0.05) is 34.1 Å². The fraction of sp³-hybridized carbons (Fsp3) is 0.318. The molecule has 0 saturated carbocycles. The molecule has 1 aromatic carbocycles. The highest BCUT2D eigenvalue weighted by Gasteiger charge is 2.26.